The monoisotopic (exact) mass is 304 g/mol. The van der Waals surface area contributed by atoms with Crippen molar-refractivity contribution in [3.05, 3.63) is 27.7 Å². The molecule has 0 aliphatic heterocycles. The van der Waals surface area contributed by atoms with Crippen molar-refractivity contribution >= 4 is 35.0 Å². The molecule has 6 heteroatoms. The van der Waals surface area contributed by atoms with E-state index in [4.69, 9.17) is 32.7 Å². The van der Waals surface area contributed by atoms with Crippen LogP contribution in [0.4, 0.5) is 0 Å². The van der Waals surface area contributed by atoms with Crippen LogP contribution in [0, 0.1) is 0 Å². The molecule has 19 heavy (non-hydrogen) atoms. The zero-order chi connectivity index (χ0) is 14.8. The molecule has 0 bridgehead atoms. The summed E-state index contributed by atoms with van der Waals surface area (Å²) in [5.41, 5.74) is -1.12. The number of methoxy groups -OCH3 is 1. The van der Waals surface area contributed by atoms with E-state index in [-0.39, 0.29) is 10.6 Å². The SMILES string of the molecule is COc1cc(C(=O)C(C)(C)OC(C)=O)c(Cl)cc1Cl. The molecule has 0 amide bonds. The first kappa shape index (κ1) is 15.8. The molecule has 0 spiro atoms. The molecule has 1 aromatic rings. The lowest BCUT2D eigenvalue weighted by Crippen LogP contribution is -2.36. The zero-order valence-electron chi connectivity index (χ0n) is 11.0. The molecule has 0 unspecified atom stereocenters. The van der Waals surface area contributed by atoms with Gasteiger partial charge in [0.05, 0.1) is 17.2 Å². The zero-order valence-corrected chi connectivity index (χ0v) is 12.6. The minimum atomic E-state index is -1.31. The van der Waals surface area contributed by atoms with Crippen LogP contribution in [0.5, 0.6) is 5.75 Å². The molecule has 1 aromatic carbocycles. The molecule has 0 fully saturated rings. The molecule has 0 saturated carbocycles. The summed E-state index contributed by atoms with van der Waals surface area (Å²) >= 11 is 11.9. The molecule has 1 rings (SSSR count). The Morgan fingerprint density at radius 1 is 1.16 bits per heavy atom. The first-order chi connectivity index (χ1) is 8.69. The van der Waals surface area contributed by atoms with E-state index in [0.29, 0.717) is 10.8 Å². The number of halogens is 2. The predicted octanol–water partition coefficient (Wildman–Crippen LogP) is 3.53. The maximum Gasteiger partial charge on any atom is 0.303 e. The van der Waals surface area contributed by atoms with Crippen LogP contribution in [-0.4, -0.2) is 24.5 Å². The fraction of sp³-hybridized carbons (Fsp3) is 0.385. The highest BCUT2D eigenvalue weighted by molar-refractivity contribution is 6.37. The summed E-state index contributed by atoms with van der Waals surface area (Å²) in [4.78, 5) is 23.3. The minimum absolute atomic E-state index is 0.177. The van der Waals surface area contributed by atoms with Crippen LogP contribution in [0.1, 0.15) is 31.1 Å². The molecule has 0 aliphatic rings. The second-order valence-electron chi connectivity index (χ2n) is 4.40. The molecule has 0 atom stereocenters. The molecule has 104 valence electrons. The van der Waals surface area contributed by atoms with E-state index >= 15 is 0 Å². The summed E-state index contributed by atoms with van der Waals surface area (Å²) in [7, 11) is 1.43. The lowest BCUT2D eigenvalue weighted by molar-refractivity contribution is -0.149. The second kappa shape index (κ2) is 5.80. The van der Waals surface area contributed by atoms with E-state index in [2.05, 4.69) is 0 Å². The highest BCUT2D eigenvalue weighted by atomic mass is 35.5. The number of ether oxygens (including phenoxy) is 2. The Morgan fingerprint density at radius 2 is 1.74 bits per heavy atom. The van der Waals surface area contributed by atoms with Gasteiger partial charge in [-0.1, -0.05) is 23.2 Å². The van der Waals surface area contributed by atoms with E-state index in [1.165, 1.54) is 40.0 Å². The molecule has 0 saturated heterocycles. The van der Waals surface area contributed by atoms with Crippen LogP contribution >= 0.6 is 23.2 Å². The van der Waals surface area contributed by atoms with E-state index in [1.54, 1.807) is 0 Å². The van der Waals surface area contributed by atoms with Gasteiger partial charge in [0.1, 0.15) is 5.75 Å². The van der Waals surface area contributed by atoms with Crippen molar-refractivity contribution in [3.8, 4) is 5.75 Å². The number of carbonyl (C=O) groups excluding carboxylic acids is 2. The van der Waals surface area contributed by atoms with Crippen molar-refractivity contribution in [2.75, 3.05) is 7.11 Å². The third-order valence-corrected chi connectivity index (χ3v) is 3.04. The van der Waals surface area contributed by atoms with E-state index in [1.807, 2.05) is 0 Å². The van der Waals surface area contributed by atoms with Gasteiger partial charge >= 0.3 is 5.97 Å². The molecule has 0 heterocycles. The molecule has 4 nitrogen and oxygen atoms in total. The first-order valence-corrected chi connectivity index (χ1v) is 6.22. The van der Waals surface area contributed by atoms with Crippen molar-refractivity contribution < 1.29 is 19.1 Å². The number of hydrogen-bond acceptors (Lipinski definition) is 4. The third kappa shape index (κ3) is 3.61. The van der Waals surface area contributed by atoms with Gasteiger partial charge in [0, 0.05) is 12.5 Å². The maximum absolute atomic E-state index is 12.3. The van der Waals surface area contributed by atoms with Gasteiger partial charge in [0.15, 0.2) is 5.60 Å². The molecule has 0 radical (unpaired) electrons. The number of rotatable bonds is 4. The lowest BCUT2D eigenvalue weighted by Gasteiger charge is -2.23. The van der Waals surface area contributed by atoms with Gasteiger partial charge in [0.25, 0.3) is 0 Å². The largest absolute Gasteiger partial charge is 0.495 e. The molecule has 0 aliphatic carbocycles. The van der Waals surface area contributed by atoms with Gasteiger partial charge in [-0.05, 0) is 26.0 Å². The Morgan fingerprint density at radius 3 is 2.21 bits per heavy atom. The van der Waals surface area contributed by atoms with E-state index in [9.17, 15) is 9.59 Å². The maximum atomic E-state index is 12.3. The Hall–Kier alpha value is -1.26. The number of esters is 1. The quantitative estimate of drug-likeness (QED) is 0.631. The topological polar surface area (TPSA) is 52.6 Å². The Labute approximate surface area is 121 Å². The van der Waals surface area contributed by atoms with Crippen LogP contribution in [0.2, 0.25) is 10.0 Å². The summed E-state index contributed by atoms with van der Waals surface area (Å²) in [5.74, 6) is -0.647. The average molecular weight is 305 g/mol. The predicted molar refractivity (Wildman–Crippen MR) is 73.2 cm³/mol. The fourth-order valence-corrected chi connectivity index (χ4v) is 2.14. The van der Waals surface area contributed by atoms with Gasteiger partial charge in [-0.3, -0.25) is 9.59 Å². The Balaban J connectivity index is 3.22. The summed E-state index contributed by atoms with van der Waals surface area (Å²) in [6.07, 6.45) is 0. The highest BCUT2D eigenvalue weighted by Crippen LogP contribution is 2.33. The van der Waals surface area contributed by atoms with Gasteiger partial charge in [-0.2, -0.15) is 0 Å². The van der Waals surface area contributed by atoms with E-state index < -0.39 is 17.4 Å². The number of hydrogen-bond donors (Lipinski definition) is 0. The highest BCUT2D eigenvalue weighted by Gasteiger charge is 2.33. The smallest absolute Gasteiger partial charge is 0.303 e. The Bertz CT molecular complexity index is 524. The number of ketones is 1. The summed E-state index contributed by atoms with van der Waals surface area (Å²) in [6.45, 7) is 4.22. The van der Waals surface area contributed by atoms with Crippen LogP contribution in [-0.2, 0) is 9.53 Å². The lowest BCUT2D eigenvalue weighted by atomic mass is 9.96. The van der Waals surface area contributed by atoms with Crippen molar-refractivity contribution in [1.29, 1.82) is 0 Å². The van der Waals surface area contributed by atoms with Crippen LogP contribution in [0.3, 0.4) is 0 Å². The summed E-state index contributed by atoms with van der Waals surface area (Å²) < 4.78 is 10.0. The van der Waals surface area contributed by atoms with Crippen molar-refractivity contribution in [2.45, 2.75) is 26.4 Å². The summed E-state index contributed by atoms with van der Waals surface area (Å²) in [6, 6.07) is 2.84. The number of benzene rings is 1. The van der Waals surface area contributed by atoms with Crippen molar-refractivity contribution in [1.82, 2.24) is 0 Å². The minimum Gasteiger partial charge on any atom is -0.495 e. The van der Waals surface area contributed by atoms with Crippen molar-refractivity contribution in [3.63, 3.8) is 0 Å². The number of carbonyl (C=O) groups is 2. The van der Waals surface area contributed by atoms with Crippen LogP contribution in [0.25, 0.3) is 0 Å². The third-order valence-electron chi connectivity index (χ3n) is 2.43. The van der Waals surface area contributed by atoms with Crippen LogP contribution in [0.15, 0.2) is 12.1 Å². The summed E-state index contributed by atoms with van der Waals surface area (Å²) in [5, 5.41) is 0.477. The average Bonchev–Trinajstić information content (AvgIpc) is 2.26. The number of Topliss-reactive ketones (excluding diaryl/α,β-unsaturated/α-hetero) is 1. The van der Waals surface area contributed by atoms with Gasteiger partial charge in [0.2, 0.25) is 5.78 Å². The molecular formula is C13H14Cl2O4. The standard InChI is InChI=1S/C13H14Cl2O4/c1-7(16)19-13(2,3)12(17)8-5-11(18-4)10(15)6-9(8)14/h5-6H,1-4H3. The normalized spacial score (nSPS) is 11.1. The molecular weight excluding hydrogens is 291 g/mol. The van der Waals surface area contributed by atoms with Crippen molar-refractivity contribution in [2.24, 2.45) is 0 Å². The van der Waals surface area contributed by atoms with Crippen LogP contribution < -0.4 is 4.74 Å². The molecule has 0 aromatic heterocycles. The first-order valence-electron chi connectivity index (χ1n) is 5.46. The van der Waals surface area contributed by atoms with E-state index in [0.717, 1.165) is 0 Å². The Kier molecular flexibility index (Phi) is 4.82. The van der Waals surface area contributed by atoms with Gasteiger partial charge in [-0.15, -0.1) is 0 Å². The second-order valence-corrected chi connectivity index (χ2v) is 5.21. The fourth-order valence-electron chi connectivity index (χ4n) is 1.59. The van der Waals surface area contributed by atoms with Gasteiger partial charge in [-0.25, -0.2) is 0 Å². The van der Waals surface area contributed by atoms with Gasteiger partial charge < -0.3 is 9.47 Å². The molecule has 0 N–H and O–H groups in total.